The van der Waals surface area contributed by atoms with Crippen molar-refractivity contribution in [1.29, 1.82) is 0 Å². The molecule has 2 aromatic rings. The van der Waals surface area contributed by atoms with Crippen molar-refractivity contribution >= 4 is 21.6 Å². The van der Waals surface area contributed by atoms with Gasteiger partial charge in [-0.3, -0.25) is 0 Å². The van der Waals surface area contributed by atoms with E-state index >= 15 is 0 Å². The Morgan fingerprint density at radius 1 is 1.36 bits per heavy atom. The Morgan fingerprint density at radius 3 is 2.71 bits per heavy atom. The van der Waals surface area contributed by atoms with E-state index in [1.54, 1.807) is 4.52 Å². The number of aromatic nitrogens is 4. The second-order valence-electron chi connectivity index (χ2n) is 3.53. The molecular weight excluding hydrogens is 244 g/mol. The zero-order valence-corrected chi connectivity index (χ0v) is 9.91. The first-order chi connectivity index (χ1) is 6.58. The molecule has 2 heterocycles. The molecule has 2 aromatic heterocycles. The monoisotopic (exact) mass is 254 g/mol. The topological polar surface area (TPSA) is 43.1 Å². The van der Waals surface area contributed by atoms with E-state index in [1.807, 2.05) is 13.0 Å². The Hall–Kier alpha value is -0.970. The summed E-state index contributed by atoms with van der Waals surface area (Å²) < 4.78 is 2.41. The number of halogens is 1. The van der Waals surface area contributed by atoms with Gasteiger partial charge in [-0.25, -0.2) is 9.97 Å². The molecule has 0 atom stereocenters. The van der Waals surface area contributed by atoms with Gasteiger partial charge in [0.15, 0.2) is 5.65 Å². The van der Waals surface area contributed by atoms with Crippen molar-refractivity contribution in [2.75, 3.05) is 0 Å². The molecular formula is C9H11BrN4. The third-order valence-corrected chi connectivity index (χ3v) is 2.52. The predicted octanol–water partition coefficient (Wildman–Crippen LogP) is 2.32. The first-order valence-electron chi connectivity index (χ1n) is 4.47. The van der Waals surface area contributed by atoms with E-state index in [2.05, 4.69) is 44.8 Å². The second-order valence-corrected chi connectivity index (χ2v) is 4.24. The third-order valence-electron chi connectivity index (χ3n) is 2.01. The maximum absolute atomic E-state index is 4.40. The molecule has 0 spiro atoms. The summed E-state index contributed by atoms with van der Waals surface area (Å²) in [6.07, 6.45) is 0. The molecule has 5 heteroatoms. The van der Waals surface area contributed by atoms with Crippen LogP contribution in [0.4, 0.5) is 0 Å². The molecule has 0 amide bonds. The van der Waals surface area contributed by atoms with Gasteiger partial charge in [0.25, 0.3) is 0 Å². The highest BCUT2D eigenvalue weighted by molar-refractivity contribution is 9.10. The normalized spacial score (nSPS) is 11.5. The van der Waals surface area contributed by atoms with Crippen LogP contribution in [0.3, 0.4) is 0 Å². The van der Waals surface area contributed by atoms with Crippen LogP contribution in [0.5, 0.6) is 0 Å². The smallest absolute Gasteiger partial charge is 0.201 e. The lowest BCUT2D eigenvalue weighted by Crippen LogP contribution is -1.99. The molecule has 0 aliphatic heterocycles. The quantitative estimate of drug-likeness (QED) is 0.785. The van der Waals surface area contributed by atoms with Gasteiger partial charge in [-0.05, 0) is 28.8 Å². The van der Waals surface area contributed by atoms with Crippen LogP contribution in [0.15, 0.2) is 10.8 Å². The van der Waals surface area contributed by atoms with E-state index in [-0.39, 0.29) is 0 Å². The maximum atomic E-state index is 4.40. The summed E-state index contributed by atoms with van der Waals surface area (Å²) in [4.78, 5) is 8.48. The van der Waals surface area contributed by atoms with Gasteiger partial charge >= 0.3 is 0 Å². The molecule has 0 unspecified atom stereocenters. The number of rotatable bonds is 1. The van der Waals surface area contributed by atoms with Gasteiger partial charge in [0, 0.05) is 6.07 Å². The van der Waals surface area contributed by atoms with Crippen molar-refractivity contribution in [2.45, 2.75) is 26.7 Å². The lowest BCUT2D eigenvalue weighted by atomic mass is 10.1. The average molecular weight is 255 g/mol. The molecule has 14 heavy (non-hydrogen) atoms. The van der Waals surface area contributed by atoms with Crippen molar-refractivity contribution in [3.05, 3.63) is 22.3 Å². The van der Waals surface area contributed by atoms with E-state index < -0.39 is 0 Å². The Bertz CT molecular complexity index is 475. The summed E-state index contributed by atoms with van der Waals surface area (Å²) in [5, 5.41) is 4.40. The molecule has 0 saturated carbocycles. The standard InChI is InChI=1S/C9H11BrN4/c1-5(2)7-4-8-11-6(3)12-9(10)14(8)13-7/h4-5H,1-3H3. The van der Waals surface area contributed by atoms with Crippen molar-refractivity contribution in [3.63, 3.8) is 0 Å². The molecule has 4 nitrogen and oxygen atoms in total. The zero-order valence-electron chi connectivity index (χ0n) is 8.32. The molecule has 2 rings (SSSR count). The minimum Gasteiger partial charge on any atom is -0.214 e. The van der Waals surface area contributed by atoms with Gasteiger partial charge < -0.3 is 0 Å². The van der Waals surface area contributed by atoms with E-state index in [1.165, 1.54) is 0 Å². The van der Waals surface area contributed by atoms with E-state index in [0.717, 1.165) is 17.2 Å². The van der Waals surface area contributed by atoms with Crippen LogP contribution in [-0.4, -0.2) is 19.6 Å². The number of hydrogen-bond acceptors (Lipinski definition) is 3. The van der Waals surface area contributed by atoms with Gasteiger partial charge in [-0.2, -0.15) is 9.61 Å². The lowest BCUT2D eigenvalue weighted by molar-refractivity contribution is 0.762. The molecule has 0 radical (unpaired) electrons. The number of fused-ring (bicyclic) bond motifs is 1. The fraction of sp³-hybridized carbons (Fsp3) is 0.444. The number of aryl methyl sites for hydroxylation is 1. The van der Waals surface area contributed by atoms with Gasteiger partial charge in [0.1, 0.15) is 5.82 Å². The molecule has 0 bridgehead atoms. The van der Waals surface area contributed by atoms with Gasteiger partial charge in [-0.15, -0.1) is 0 Å². The Morgan fingerprint density at radius 2 is 2.07 bits per heavy atom. The molecule has 0 aliphatic rings. The predicted molar refractivity (Wildman–Crippen MR) is 57.3 cm³/mol. The van der Waals surface area contributed by atoms with Gasteiger partial charge in [0.2, 0.25) is 4.73 Å². The molecule has 0 N–H and O–H groups in total. The summed E-state index contributed by atoms with van der Waals surface area (Å²) >= 11 is 3.36. The second kappa shape index (κ2) is 3.31. The fourth-order valence-electron chi connectivity index (χ4n) is 1.26. The van der Waals surface area contributed by atoms with Crippen LogP contribution in [0, 0.1) is 6.92 Å². The van der Waals surface area contributed by atoms with Crippen LogP contribution in [-0.2, 0) is 0 Å². The summed E-state index contributed by atoms with van der Waals surface area (Å²) in [6, 6.07) is 1.99. The minimum absolute atomic E-state index is 0.406. The molecule has 74 valence electrons. The van der Waals surface area contributed by atoms with Crippen LogP contribution in [0.1, 0.15) is 31.3 Å². The van der Waals surface area contributed by atoms with Crippen molar-refractivity contribution < 1.29 is 0 Å². The average Bonchev–Trinajstić information content (AvgIpc) is 2.47. The molecule has 0 aromatic carbocycles. The summed E-state index contributed by atoms with van der Waals surface area (Å²) in [5.41, 5.74) is 1.87. The van der Waals surface area contributed by atoms with Crippen molar-refractivity contribution in [3.8, 4) is 0 Å². The third kappa shape index (κ3) is 1.52. The highest BCUT2D eigenvalue weighted by Gasteiger charge is 2.09. The molecule has 0 fully saturated rings. The largest absolute Gasteiger partial charge is 0.214 e. The lowest BCUT2D eigenvalue weighted by Gasteiger charge is -1.97. The van der Waals surface area contributed by atoms with Crippen LogP contribution < -0.4 is 0 Å². The first-order valence-corrected chi connectivity index (χ1v) is 5.27. The first kappa shape index (κ1) is 9.58. The highest BCUT2D eigenvalue weighted by atomic mass is 79.9. The van der Waals surface area contributed by atoms with E-state index in [9.17, 15) is 0 Å². The van der Waals surface area contributed by atoms with Gasteiger partial charge in [0.05, 0.1) is 5.69 Å². The summed E-state index contributed by atoms with van der Waals surface area (Å²) in [5.74, 6) is 1.16. The van der Waals surface area contributed by atoms with Crippen molar-refractivity contribution in [1.82, 2.24) is 19.6 Å². The molecule has 0 aliphatic carbocycles. The Labute approximate surface area is 90.5 Å². The SMILES string of the molecule is Cc1nc(Br)n2nc(C(C)C)cc2n1. The fourth-order valence-corrected chi connectivity index (χ4v) is 1.78. The minimum atomic E-state index is 0.406. The summed E-state index contributed by atoms with van der Waals surface area (Å²) in [7, 11) is 0. The summed E-state index contributed by atoms with van der Waals surface area (Å²) in [6.45, 7) is 6.08. The Kier molecular flexibility index (Phi) is 2.26. The Balaban J connectivity index is 2.70. The van der Waals surface area contributed by atoms with E-state index in [0.29, 0.717) is 10.7 Å². The van der Waals surface area contributed by atoms with Gasteiger partial charge in [-0.1, -0.05) is 13.8 Å². The molecule has 0 saturated heterocycles. The van der Waals surface area contributed by atoms with E-state index in [4.69, 9.17) is 0 Å². The van der Waals surface area contributed by atoms with Crippen LogP contribution in [0.25, 0.3) is 5.65 Å². The number of nitrogens with zero attached hydrogens (tertiary/aromatic N) is 4. The van der Waals surface area contributed by atoms with Crippen molar-refractivity contribution in [2.24, 2.45) is 0 Å². The highest BCUT2D eigenvalue weighted by Crippen LogP contribution is 2.16. The van der Waals surface area contributed by atoms with Crippen LogP contribution >= 0.6 is 15.9 Å². The maximum Gasteiger partial charge on any atom is 0.201 e. The zero-order chi connectivity index (χ0) is 10.3. The number of hydrogen-bond donors (Lipinski definition) is 0. The van der Waals surface area contributed by atoms with Crippen LogP contribution in [0.2, 0.25) is 0 Å².